The lowest BCUT2D eigenvalue weighted by Crippen LogP contribution is -2.44. The Kier molecular flexibility index (Phi) is 11.1. The predicted molar refractivity (Wildman–Crippen MR) is 94.5 cm³/mol. The molecular formula is C17H36N4O. The SMILES string of the molecule is CN=C(NCCCCCCC(C)C)NCCN1CCOCC1. The molecule has 0 bridgehead atoms. The van der Waals surface area contributed by atoms with Gasteiger partial charge >= 0.3 is 0 Å². The van der Waals surface area contributed by atoms with Crippen LogP contribution in [0.3, 0.4) is 0 Å². The van der Waals surface area contributed by atoms with Crippen LogP contribution >= 0.6 is 0 Å². The van der Waals surface area contributed by atoms with Crippen LogP contribution in [-0.2, 0) is 4.74 Å². The minimum absolute atomic E-state index is 0.840. The molecule has 1 fully saturated rings. The first kappa shape index (κ1) is 19.2. The fourth-order valence-corrected chi connectivity index (χ4v) is 2.62. The lowest BCUT2D eigenvalue weighted by atomic mass is 10.0. The van der Waals surface area contributed by atoms with Crippen molar-refractivity contribution in [2.75, 3.05) is 53.0 Å². The van der Waals surface area contributed by atoms with Gasteiger partial charge in [0.2, 0.25) is 0 Å². The first-order chi connectivity index (χ1) is 10.7. The van der Waals surface area contributed by atoms with E-state index >= 15 is 0 Å². The monoisotopic (exact) mass is 312 g/mol. The molecular weight excluding hydrogens is 276 g/mol. The van der Waals surface area contributed by atoms with Crippen LogP contribution in [0.1, 0.15) is 46.0 Å². The van der Waals surface area contributed by atoms with Gasteiger partial charge in [0.25, 0.3) is 0 Å². The normalized spacial score (nSPS) is 17.0. The highest BCUT2D eigenvalue weighted by Crippen LogP contribution is 2.08. The topological polar surface area (TPSA) is 48.9 Å². The minimum atomic E-state index is 0.840. The van der Waals surface area contributed by atoms with Gasteiger partial charge < -0.3 is 15.4 Å². The molecule has 0 radical (unpaired) electrons. The van der Waals surface area contributed by atoms with E-state index in [1.54, 1.807) is 0 Å². The van der Waals surface area contributed by atoms with Crippen molar-refractivity contribution in [2.24, 2.45) is 10.9 Å². The van der Waals surface area contributed by atoms with Crippen LogP contribution in [-0.4, -0.2) is 63.8 Å². The summed E-state index contributed by atoms with van der Waals surface area (Å²) in [4.78, 5) is 6.71. The summed E-state index contributed by atoms with van der Waals surface area (Å²) in [5.41, 5.74) is 0. The highest BCUT2D eigenvalue weighted by atomic mass is 16.5. The first-order valence-electron chi connectivity index (χ1n) is 8.97. The Morgan fingerprint density at radius 3 is 2.41 bits per heavy atom. The number of aliphatic imine (C=N–C) groups is 1. The number of hydrogen-bond acceptors (Lipinski definition) is 3. The number of ether oxygens (including phenoxy) is 1. The zero-order valence-corrected chi connectivity index (χ0v) is 14.9. The standard InChI is InChI=1S/C17H36N4O/c1-16(2)8-6-4-5-7-9-19-17(18-3)20-10-11-21-12-14-22-15-13-21/h16H,4-15H2,1-3H3,(H2,18,19,20). The molecule has 22 heavy (non-hydrogen) atoms. The third-order valence-electron chi connectivity index (χ3n) is 4.05. The quantitative estimate of drug-likeness (QED) is 0.368. The number of unbranched alkanes of at least 4 members (excludes halogenated alkanes) is 3. The molecule has 2 N–H and O–H groups in total. The van der Waals surface area contributed by atoms with Crippen molar-refractivity contribution < 1.29 is 4.74 Å². The summed E-state index contributed by atoms with van der Waals surface area (Å²) in [7, 11) is 1.84. The van der Waals surface area contributed by atoms with Gasteiger partial charge in [-0.25, -0.2) is 0 Å². The number of morpholine rings is 1. The fourth-order valence-electron chi connectivity index (χ4n) is 2.62. The van der Waals surface area contributed by atoms with Gasteiger partial charge in [-0.05, 0) is 12.3 Å². The summed E-state index contributed by atoms with van der Waals surface area (Å²) < 4.78 is 5.36. The molecule has 1 aliphatic rings. The third kappa shape index (κ3) is 10.0. The summed E-state index contributed by atoms with van der Waals surface area (Å²) in [6, 6.07) is 0. The highest BCUT2D eigenvalue weighted by Gasteiger charge is 2.09. The molecule has 130 valence electrons. The summed E-state index contributed by atoms with van der Waals surface area (Å²) in [5.74, 6) is 1.77. The van der Waals surface area contributed by atoms with E-state index in [0.717, 1.165) is 57.8 Å². The second-order valence-electron chi connectivity index (χ2n) is 6.48. The average molecular weight is 313 g/mol. The maximum absolute atomic E-state index is 5.36. The van der Waals surface area contributed by atoms with E-state index in [4.69, 9.17) is 4.74 Å². The average Bonchev–Trinajstić information content (AvgIpc) is 2.53. The molecule has 1 saturated heterocycles. The lowest BCUT2D eigenvalue weighted by Gasteiger charge is -2.26. The van der Waals surface area contributed by atoms with Gasteiger partial charge in [0.05, 0.1) is 13.2 Å². The van der Waals surface area contributed by atoms with Crippen molar-refractivity contribution in [2.45, 2.75) is 46.0 Å². The van der Waals surface area contributed by atoms with E-state index < -0.39 is 0 Å². The Labute approximate surface area is 136 Å². The molecule has 0 aromatic rings. The van der Waals surface area contributed by atoms with Crippen LogP contribution in [0.2, 0.25) is 0 Å². The van der Waals surface area contributed by atoms with Gasteiger partial charge in [-0.3, -0.25) is 9.89 Å². The maximum Gasteiger partial charge on any atom is 0.191 e. The number of rotatable bonds is 10. The van der Waals surface area contributed by atoms with Crippen molar-refractivity contribution in [3.05, 3.63) is 0 Å². The van der Waals surface area contributed by atoms with E-state index in [0.29, 0.717) is 0 Å². The predicted octanol–water partition coefficient (Wildman–Crippen LogP) is 2.09. The largest absolute Gasteiger partial charge is 0.379 e. The van der Waals surface area contributed by atoms with Gasteiger partial charge in [-0.2, -0.15) is 0 Å². The van der Waals surface area contributed by atoms with Crippen molar-refractivity contribution in [1.29, 1.82) is 0 Å². The van der Waals surface area contributed by atoms with E-state index in [2.05, 4.69) is 34.4 Å². The van der Waals surface area contributed by atoms with Crippen molar-refractivity contribution in [1.82, 2.24) is 15.5 Å². The van der Waals surface area contributed by atoms with Gasteiger partial charge in [0, 0.05) is 39.8 Å². The minimum Gasteiger partial charge on any atom is -0.379 e. The van der Waals surface area contributed by atoms with E-state index in [9.17, 15) is 0 Å². The van der Waals surface area contributed by atoms with E-state index in [1.165, 1.54) is 32.1 Å². The second-order valence-corrected chi connectivity index (χ2v) is 6.48. The van der Waals surface area contributed by atoms with Gasteiger partial charge in [0.15, 0.2) is 5.96 Å². The van der Waals surface area contributed by atoms with Crippen LogP contribution in [0.5, 0.6) is 0 Å². The molecule has 0 amide bonds. The summed E-state index contributed by atoms with van der Waals surface area (Å²) in [6.07, 6.45) is 6.61. The van der Waals surface area contributed by atoms with Crippen LogP contribution in [0.15, 0.2) is 4.99 Å². The van der Waals surface area contributed by atoms with Crippen LogP contribution in [0.25, 0.3) is 0 Å². The van der Waals surface area contributed by atoms with Gasteiger partial charge in [-0.15, -0.1) is 0 Å². The van der Waals surface area contributed by atoms with Crippen molar-refractivity contribution in [3.63, 3.8) is 0 Å². The Balaban J connectivity index is 1.95. The van der Waals surface area contributed by atoms with Crippen LogP contribution < -0.4 is 10.6 Å². The molecule has 1 heterocycles. The van der Waals surface area contributed by atoms with E-state index in [-0.39, 0.29) is 0 Å². The molecule has 1 rings (SSSR count). The van der Waals surface area contributed by atoms with Gasteiger partial charge in [0.1, 0.15) is 0 Å². The molecule has 1 aliphatic heterocycles. The number of nitrogens with zero attached hydrogens (tertiary/aromatic N) is 2. The third-order valence-corrected chi connectivity index (χ3v) is 4.05. The molecule has 0 saturated carbocycles. The zero-order chi connectivity index (χ0) is 16.0. The fraction of sp³-hybridized carbons (Fsp3) is 0.941. The Hall–Kier alpha value is -0.810. The lowest BCUT2D eigenvalue weighted by molar-refractivity contribution is 0.0389. The van der Waals surface area contributed by atoms with Crippen molar-refractivity contribution in [3.8, 4) is 0 Å². The molecule has 0 spiro atoms. The number of guanidine groups is 1. The summed E-state index contributed by atoms with van der Waals surface area (Å²) in [6.45, 7) is 11.4. The second kappa shape index (κ2) is 12.7. The summed E-state index contributed by atoms with van der Waals surface area (Å²) in [5, 5.41) is 6.79. The van der Waals surface area contributed by atoms with Crippen molar-refractivity contribution >= 4 is 5.96 Å². The molecule has 0 aromatic carbocycles. The molecule has 0 aromatic heterocycles. The molecule has 0 atom stereocenters. The van der Waals surface area contributed by atoms with Gasteiger partial charge in [-0.1, -0.05) is 39.5 Å². The molecule has 5 heteroatoms. The Bertz CT molecular complexity index is 288. The van der Waals surface area contributed by atoms with Crippen LogP contribution in [0, 0.1) is 5.92 Å². The first-order valence-corrected chi connectivity index (χ1v) is 8.97. The van der Waals surface area contributed by atoms with Crippen LogP contribution in [0.4, 0.5) is 0 Å². The number of nitrogens with one attached hydrogen (secondary N) is 2. The number of hydrogen-bond donors (Lipinski definition) is 2. The zero-order valence-electron chi connectivity index (χ0n) is 14.9. The summed E-state index contributed by atoms with van der Waals surface area (Å²) >= 11 is 0. The Morgan fingerprint density at radius 1 is 1.05 bits per heavy atom. The molecule has 5 nitrogen and oxygen atoms in total. The van der Waals surface area contributed by atoms with E-state index in [1.807, 2.05) is 7.05 Å². The maximum atomic E-state index is 5.36. The Morgan fingerprint density at radius 2 is 1.73 bits per heavy atom. The smallest absolute Gasteiger partial charge is 0.191 e. The molecule has 0 aliphatic carbocycles. The highest BCUT2D eigenvalue weighted by molar-refractivity contribution is 5.79. The molecule has 0 unspecified atom stereocenters.